The minimum Gasteiger partial charge on any atom is -0.356 e. The summed E-state index contributed by atoms with van der Waals surface area (Å²) in [6, 6.07) is 16.3. The van der Waals surface area contributed by atoms with Crippen molar-refractivity contribution in [2.45, 2.75) is 33.1 Å². The molecule has 0 saturated carbocycles. The smallest absolute Gasteiger partial charge is 0.170 e. The number of hydrogen-bond donors (Lipinski definition) is 0. The summed E-state index contributed by atoms with van der Waals surface area (Å²) >= 11 is 9.43. The van der Waals surface area contributed by atoms with Gasteiger partial charge >= 0.3 is 0 Å². The van der Waals surface area contributed by atoms with Gasteiger partial charge in [-0.2, -0.15) is 0 Å². The highest BCUT2D eigenvalue weighted by Gasteiger charge is 2.17. The Morgan fingerprint density at radius 2 is 1.76 bits per heavy atom. The quantitative estimate of drug-likeness (QED) is 0.436. The number of nitrogens with zero attached hydrogens (tertiary/aromatic N) is 1. The van der Waals surface area contributed by atoms with Crippen LogP contribution in [0.1, 0.15) is 30.2 Å². The fourth-order valence-corrected chi connectivity index (χ4v) is 3.36. The van der Waals surface area contributed by atoms with Gasteiger partial charge in [-0.3, -0.25) is 0 Å². The van der Waals surface area contributed by atoms with Gasteiger partial charge in [0, 0.05) is 20.6 Å². The first kappa shape index (κ1) is 18.2. The predicted molar refractivity (Wildman–Crippen MR) is 107 cm³/mol. The van der Waals surface area contributed by atoms with E-state index in [9.17, 15) is 0 Å². The molecule has 0 amide bonds. The lowest BCUT2D eigenvalue weighted by Crippen LogP contribution is -2.03. The van der Waals surface area contributed by atoms with Crippen molar-refractivity contribution in [3.63, 3.8) is 0 Å². The molecule has 0 fully saturated rings. The third kappa shape index (κ3) is 4.74. The zero-order valence-electron chi connectivity index (χ0n) is 14.4. The number of benzene rings is 2. The molecular formula is C21H21BrClNO. The second-order valence-corrected chi connectivity index (χ2v) is 7.91. The normalized spacial score (nSPS) is 12.3. The van der Waals surface area contributed by atoms with E-state index in [1.807, 2.05) is 31.2 Å². The molecule has 3 rings (SSSR count). The molecule has 0 spiro atoms. The summed E-state index contributed by atoms with van der Waals surface area (Å²) in [6.45, 7) is 4.31. The molecule has 3 aromatic rings. The summed E-state index contributed by atoms with van der Waals surface area (Å²) in [5.74, 6) is 1.44. The molecule has 1 atom stereocenters. The molecule has 0 aliphatic carbocycles. The molecule has 0 aliphatic rings. The Bertz CT molecular complexity index is 824. The van der Waals surface area contributed by atoms with E-state index in [-0.39, 0.29) is 0 Å². The van der Waals surface area contributed by atoms with E-state index in [4.69, 9.17) is 16.1 Å². The van der Waals surface area contributed by atoms with Crippen LogP contribution in [0.3, 0.4) is 0 Å². The fraction of sp³-hybridized carbons (Fsp3) is 0.286. The van der Waals surface area contributed by atoms with Crippen LogP contribution in [0.25, 0.3) is 11.3 Å². The molecule has 0 aliphatic heterocycles. The average molecular weight is 419 g/mol. The first-order valence-electron chi connectivity index (χ1n) is 8.48. The molecule has 0 bridgehead atoms. The van der Waals surface area contributed by atoms with E-state index in [1.165, 1.54) is 11.1 Å². The Morgan fingerprint density at radius 1 is 1.08 bits per heavy atom. The second-order valence-electron chi connectivity index (χ2n) is 6.56. The van der Waals surface area contributed by atoms with E-state index >= 15 is 0 Å². The highest BCUT2D eigenvalue weighted by molar-refractivity contribution is 9.10. The van der Waals surface area contributed by atoms with Crippen LogP contribution >= 0.6 is 27.5 Å². The van der Waals surface area contributed by atoms with Gasteiger partial charge in [0.2, 0.25) is 0 Å². The molecule has 4 heteroatoms. The number of halogens is 2. The lowest BCUT2D eigenvalue weighted by atomic mass is 9.92. The van der Waals surface area contributed by atoms with Crippen LogP contribution in [0.15, 0.2) is 57.5 Å². The zero-order chi connectivity index (χ0) is 17.8. The van der Waals surface area contributed by atoms with Gasteiger partial charge in [-0.1, -0.05) is 63.9 Å². The van der Waals surface area contributed by atoms with Crippen LogP contribution in [0.5, 0.6) is 0 Å². The summed E-state index contributed by atoms with van der Waals surface area (Å²) in [4.78, 5) is 0. The molecule has 2 nitrogen and oxygen atoms in total. The van der Waals surface area contributed by atoms with Gasteiger partial charge in [0.1, 0.15) is 0 Å². The van der Waals surface area contributed by atoms with Crippen LogP contribution < -0.4 is 0 Å². The topological polar surface area (TPSA) is 26.0 Å². The Hall–Kier alpha value is -1.58. The molecule has 1 aromatic heterocycles. The van der Waals surface area contributed by atoms with Gasteiger partial charge in [0.05, 0.1) is 5.69 Å². The lowest BCUT2D eigenvalue weighted by Gasteiger charge is -2.12. The van der Waals surface area contributed by atoms with E-state index in [0.29, 0.717) is 5.92 Å². The molecule has 2 aromatic carbocycles. The van der Waals surface area contributed by atoms with Crippen LogP contribution in [0, 0.1) is 12.8 Å². The molecule has 0 saturated heterocycles. The molecule has 130 valence electrons. The van der Waals surface area contributed by atoms with Crippen LogP contribution in [-0.2, 0) is 12.8 Å². The van der Waals surface area contributed by atoms with Crippen molar-refractivity contribution in [1.82, 2.24) is 5.16 Å². The second kappa shape index (κ2) is 8.20. The zero-order valence-corrected chi connectivity index (χ0v) is 16.8. The molecule has 1 unspecified atom stereocenters. The molecular weight excluding hydrogens is 398 g/mol. The van der Waals surface area contributed by atoms with Gasteiger partial charge in [-0.25, -0.2) is 0 Å². The SMILES string of the molecule is Cc1noc(-c2ccc(Br)cc2)c1CC(C)CCc1ccc(Cl)cc1. The standard InChI is InChI=1S/C21H21BrClNO/c1-14(3-4-16-5-11-19(23)12-6-16)13-20-15(2)24-25-21(20)17-7-9-18(22)10-8-17/h5-12,14H,3-4,13H2,1-2H3. The fourth-order valence-electron chi connectivity index (χ4n) is 2.97. The van der Waals surface area contributed by atoms with E-state index in [0.717, 1.165) is 45.8 Å². The maximum Gasteiger partial charge on any atom is 0.170 e. The number of aromatic nitrogens is 1. The summed E-state index contributed by atoms with van der Waals surface area (Å²) in [5.41, 5.74) is 4.59. The largest absolute Gasteiger partial charge is 0.356 e. The van der Waals surface area contributed by atoms with Gasteiger partial charge in [0.15, 0.2) is 5.76 Å². The molecule has 0 radical (unpaired) electrons. The third-order valence-corrected chi connectivity index (χ3v) is 5.26. The van der Waals surface area contributed by atoms with Crippen molar-refractivity contribution < 1.29 is 4.52 Å². The summed E-state index contributed by atoms with van der Waals surface area (Å²) in [5, 5.41) is 4.98. The average Bonchev–Trinajstić information content (AvgIpc) is 2.96. The third-order valence-electron chi connectivity index (χ3n) is 4.48. The molecule has 25 heavy (non-hydrogen) atoms. The highest BCUT2D eigenvalue weighted by atomic mass is 79.9. The van der Waals surface area contributed by atoms with Gasteiger partial charge < -0.3 is 4.52 Å². The van der Waals surface area contributed by atoms with Crippen molar-refractivity contribution in [3.8, 4) is 11.3 Å². The van der Waals surface area contributed by atoms with E-state index < -0.39 is 0 Å². The Morgan fingerprint density at radius 3 is 2.44 bits per heavy atom. The van der Waals surface area contributed by atoms with Crippen molar-refractivity contribution in [3.05, 3.63) is 74.8 Å². The monoisotopic (exact) mass is 417 g/mol. The maximum absolute atomic E-state index is 5.95. The number of aryl methyl sites for hydroxylation is 2. The Kier molecular flexibility index (Phi) is 5.98. The van der Waals surface area contributed by atoms with E-state index in [2.05, 4.69) is 52.3 Å². The number of hydrogen-bond acceptors (Lipinski definition) is 2. The van der Waals surface area contributed by atoms with Crippen molar-refractivity contribution in [1.29, 1.82) is 0 Å². The summed E-state index contributed by atoms with van der Waals surface area (Å²) < 4.78 is 6.68. The van der Waals surface area contributed by atoms with Crippen molar-refractivity contribution in [2.24, 2.45) is 5.92 Å². The molecule has 0 N–H and O–H groups in total. The van der Waals surface area contributed by atoms with Crippen LogP contribution in [0.2, 0.25) is 5.02 Å². The van der Waals surface area contributed by atoms with Gasteiger partial charge in [0.25, 0.3) is 0 Å². The maximum atomic E-state index is 5.95. The first-order valence-corrected chi connectivity index (χ1v) is 9.65. The van der Waals surface area contributed by atoms with Crippen LogP contribution in [0.4, 0.5) is 0 Å². The number of rotatable bonds is 6. The van der Waals surface area contributed by atoms with Crippen LogP contribution in [-0.4, -0.2) is 5.16 Å². The highest BCUT2D eigenvalue weighted by Crippen LogP contribution is 2.30. The molecule has 1 heterocycles. The van der Waals surface area contributed by atoms with Crippen molar-refractivity contribution in [2.75, 3.05) is 0 Å². The van der Waals surface area contributed by atoms with Gasteiger partial charge in [-0.15, -0.1) is 0 Å². The predicted octanol–water partition coefficient (Wildman–Crippen LogP) is 6.88. The minimum atomic E-state index is 0.544. The minimum absolute atomic E-state index is 0.544. The summed E-state index contributed by atoms with van der Waals surface area (Å²) in [7, 11) is 0. The summed E-state index contributed by atoms with van der Waals surface area (Å²) in [6.07, 6.45) is 3.14. The van der Waals surface area contributed by atoms with Gasteiger partial charge in [-0.05, 0) is 61.9 Å². The Balaban J connectivity index is 1.68. The Labute approximate surface area is 162 Å². The first-order chi connectivity index (χ1) is 12.0. The lowest BCUT2D eigenvalue weighted by molar-refractivity contribution is 0.426. The van der Waals surface area contributed by atoms with E-state index in [1.54, 1.807) is 0 Å². The van der Waals surface area contributed by atoms with Crippen molar-refractivity contribution >= 4 is 27.5 Å².